The molecule has 0 aliphatic carbocycles. The van der Waals surface area contributed by atoms with E-state index in [-0.39, 0.29) is 12.5 Å². The minimum Gasteiger partial charge on any atom is -0.482 e. The maximum atomic E-state index is 12.1. The molecule has 1 aromatic carbocycles. The minimum absolute atomic E-state index is 0.0556. The SMILES string of the molecule is O=C1COc2ccc(C(=O)COC(=O)/C=C/c3ccco3)cc2N1. The maximum absolute atomic E-state index is 12.1. The Morgan fingerprint density at radius 3 is 2.96 bits per heavy atom. The normalized spacial score (nSPS) is 13.1. The van der Waals surface area contributed by atoms with Crippen LogP contribution < -0.4 is 10.1 Å². The predicted molar refractivity (Wildman–Crippen MR) is 83.6 cm³/mol. The lowest BCUT2D eigenvalue weighted by Gasteiger charge is -2.18. The summed E-state index contributed by atoms with van der Waals surface area (Å²) in [5, 5.41) is 2.61. The molecular formula is C17H13NO6. The number of carbonyl (C=O) groups is 3. The molecule has 0 bridgehead atoms. The van der Waals surface area contributed by atoms with Gasteiger partial charge in [0.2, 0.25) is 0 Å². The third-order valence-corrected chi connectivity index (χ3v) is 3.21. The van der Waals surface area contributed by atoms with Crippen LogP contribution in [0.2, 0.25) is 0 Å². The van der Waals surface area contributed by atoms with Gasteiger partial charge >= 0.3 is 5.97 Å². The Morgan fingerprint density at radius 2 is 2.17 bits per heavy atom. The fraction of sp³-hybridized carbons (Fsp3) is 0.118. The van der Waals surface area contributed by atoms with E-state index in [1.165, 1.54) is 24.5 Å². The number of ketones is 1. The summed E-state index contributed by atoms with van der Waals surface area (Å²) in [5.41, 5.74) is 0.725. The van der Waals surface area contributed by atoms with Gasteiger partial charge in [-0.05, 0) is 36.4 Å². The average molecular weight is 327 g/mol. The fourth-order valence-corrected chi connectivity index (χ4v) is 2.06. The highest BCUT2D eigenvalue weighted by Gasteiger charge is 2.18. The summed E-state index contributed by atoms with van der Waals surface area (Å²) in [6.07, 6.45) is 4.10. The third-order valence-electron chi connectivity index (χ3n) is 3.21. The fourth-order valence-electron chi connectivity index (χ4n) is 2.06. The first-order chi connectivity index (χ1) is 11.6. The first-order valence-corrected chi connectivity index (χ1v) is 7.10. The molecular weight excluding hydrogens is 314 g/mol. The molecule has 122 valence electrons. The van der Waals surface area contributed by atoms with Crippen LogP contribution in [0.15, 0.2) is 47.1 Å². The Bertz CT molecular complexity index is 806. The molecule has 1 N–H and O–H groups in total. The van der Waals surface area contributed by atoms with Crippen LogP contribution in [0, 0.1) is 0 Å². The van der Waals surface area contributed by atoms with Gasteiger partial charge in [-0.3, -0.25) is 9.59 Å². The van der Waals surface area contributed by atoms with E-state index < -0.39 is 18.4 Å². The van der Waals surface area contributed by atoms with Gasteiger partial charge in [0.25, 0.3) is 5.91 Å². The molecule has 0 atom stereocenters. The molecule has 0 fully saturated rings. The van der Waals surface area contributed by atoms with Gasteiger partial charge in [-0.25, -0.2) is 4.79 Å². The number of carbonyl (C=O) groups excluding carboxylic acids is 3. The standard InChI is InChI=1S/C17H13NO6/c19-14(9-24-17(21)6-4-12-2-1-7-22-12)11-3-5-15-13(8-11)18-16(20)10-23-15/h1-8H,9-10H2,(H,18,20)/b6-4+. The Labute approximate surface area is 136 Å². The number of esters is 1. The molecule has 0 spiro atoms. The maximum Gasteiger partial charge on any atom is 0.331 e. The van der Waals surface area contributed by atoms with E-state index in [0.717, 1.165) is 0 Å². The molecule has 2 aromatic rings. The quantitative estimate of drug-likeness (QED) is 0.513. The van der Waals surface area contributed by atoms with Crippen LogP contribution in [0.4, 0.5) is 5.69 Å². The van der Waals surface area contributed by atoms with Gasteiger partial charge in [0.05, 0.1) is 12.0 Å². The lowest BCUT2D eigenvalue weighted by Crippen LogP contribution is -2.25. The first kappa shape index (κ1) is 15.5. The van der Waals surface area contributed by atoms with Crippen molar-refractivity contribution in [1.82, 2.24) is 0 Å². The highest BCUT2D eigenvalue weighted by atomic mass is 16.5. The molecule has 1 aliphatic heterocycles. The highest BCUT2D eigenvalue weighted by molar-refractivity contribution is 6.02. The number of anilines is 1. The minimum atomic E-state index is -0.658. The molecule has 0 unspecified atom stereocenters. The van der Waals surface area contributed by atoms with Gasteiger partial charge in [0.1, 0.15) is 11.5 Å². The van der Waals surface area contributed by atoms with Gasteiger partial charge in [0.15, 0.2) is 19.0 Å². The van der Waals surface area contributed by atoms with E-state index in [9.17, 15) is 14.4 Å². The predicted octanol–water partition coefficient (Wildman–Crippen LogP) is 2.05. The van der Waals surface area contributed by atoms with E-state index in [4.69, 9.17) is 13.9 Å². The molecule has 0 saturated carbocycles. The number of nitrogens with one attached hydrogen (secondary N) is 1. The summed E-state index contributed by atoms with van der Waals surface area (Å²) in [7, 11) is 0. The molecule has 3 rings (SSSR count). The van der Waals surface area contributed by atoms with Crippen molar-refractivity contribution >= 4 is 29.4 Å². The zero-order chi connectivity index (χ0) is 16.9. The Kier molecular flexibility index (Phi) is 4.42. The van der Waals surface area contributed by atoms with Crippen molar-refractivity contribution in [3.05, 3.63) is 54.0 Å². The topological polar surface area (TPSA) is 94.8 Å². The van der Waals surface area contributed by atoms with Crippen molar-refractivity contribution in [2.45, 2.75) is 0 Å². The van der Waals surface area contributed by atoms with E-state index in [0.29, 0.717) is 22.8 Å². The number of fused-ring (bicyclic) bond motifs is 1. The van der Waals surface area contributed by atoms with Crippen LogP contribution in [0.1, 0.15) is 16.1 Å². The van der Waals surface area contributed by atoms with Crippen LogP contribution >= 0.6 is 0 Å². The molecule has 7 nitrogen and oxygen atoms in total. The van der Waals surface area contributed by atoms with Crippen molar-refractivity contribution in [1.29, 1.82) is 0 Å². The third kappa shape index (κ3) is 3.70. The average Bonchev–Trinajstić information content (AvgIpc) is 3.10. The summed E-state index contributed by atoms with van der Waals surface area (Å²) in [6, 6.07) is 7.98. The van der Waals surface area contributed by atoms with Gasteiger partial charge < -0.3 is 19.2 Å². The van der Waals surface area contributed by atoms with E-state index in [1.807, 2.05) is 0 Å². The molecule has 24 heavy (non-hydrogen) atoms. The van der Waals surface area contributed by atoms with Crippen molar-refractivity contribution in [3.63, 3.8) is 0 Å². The van der Waals surface area contributed by atoms with Gasteiger partial charge in [0, 0.05) is 11.6 Å². The van der Waals surface area contributed by atoms with Crippen molar-refractivity contribution in [2.75, 3.05) is 18.5 Å². The van der Waals surface area contributed by atoms with Crippen LogP contribution in [-0.4, -0.2) is 30.9 Å². The van der Waals surface area contributed by atoms with E-state index in [2.05, 4.69) is 5.32 Å². The summed E-state index contributed by atoms with van der Waals surface area (Å²) in [5.74, 6) is -0.346. The smallest absolute Gasteiger partial charge is 0.331 e. The number of amides is 1. The molecule has 1 aliphatic rings. The molecule has 0 radical (unpaired) electrons. The lowest BCUT2D eigenvalue weighted by molar-refractivity contribution is -0.136. The zero-order valence-corrected chi connectivity index (χ0v) is 12.5. The number of hydrogen-bond donors (Lipinski definition) is 1. The van der Waals surface area contributed by atoms with Crippen LogP contribution in [0.25, 0.3) is 6.08 Å². The molecule has 1 amide bonds. The van der Waals surface area contributed by atoms with Crippen molar-refractivity contribution in [3.8, 4) is 5.75 Å². The van der Waals surface area contributed by atoms with Crippen LogP contribution in [0.3, 0.4) is 0 Å². The van der Waals surface area contributed by atoms with E-state index >= 15 is 0 Å². The second-order valence-electron chi connectivity index (χ2n) is 4.93. The zero-order valence-electron chi connectivity index (χ0n) is 12.5. The number of Topliss-reactive ketones (excluding diaryl/α,β-unsaturated/α-hetero) is 1. The highest BCUT2D eigenvalue weighted by Crippen LogP contribution is 2.28. The van der Waals surface area contributed by atoms with Crippen LogP contribution in [0.5, 0.6) is 5.75 Å². The van der Waals surface area contributed by atoms with Gasteiger partial charge in [-0.15, -0.1) is 0 Å². The summed E-state index contributed by atoms with van der Waals surface area (Å²) in [6.45, 7) is -0.463. The Hall–Kier alpha value is -3.35. The largest absolute Gasteiger partial charge is 0.482 e. The molecule has 1 aromatic heterocycles. The number of benzene rings is 1. The second-order valence-corrected chi connectivity index (χ2v) is 4.93. The lowest BCUT2D eigenvalue weighted by atomic mass is 10.1. The monoisotopic (exact) mass is 327 g/mol. The molecule has 2 heterocycles. The Morgan fingerprint density at radius 1 is 1.29 bits per heavy atom. The number of ether oxygens (including phenoxy) is 2. The van der Waals surface area contributed by atoms with E-state index in [1.54, 1.807) is 24.3 Å². The van der Waals surface area contributed by atoms with Gasteiger partial charge in [-0.2, -0.15) is 0 Å². The number of hydrogen-bond acceptors (Lipinski definition) is 6. The number of rotatable bonds is 5. The molecule has 7 heteroatoms. The van der Waals surface area contributed by atoms with Crippen molar-refractivity contribution < 1.29 is 28.3 Å². The van der Waals surface area contributed by atoms with Crippen LogP contribution in [-0.2, 0) is 14.3 Å². The Balaban J connectivity index is 1.58. The summed E-state index contributed by atoms with van der Waals surface area (Å²) in [4.78, 5) is 34.9. The van der Waals surface area contributed by atoms with Crippen molar-refractivity contribution in [2.24, 2.45) is 0 Å². The number of furan rings is 1. The second kappa shape index (κ2) is 6.82. The summed E-state index contributed by atoms with van der Waals surface area (Å²) >= 11 is 0. The first-order valence-electron chi connectivity index (χ1n) is 7.10. The summed E-state index contributed by atoms with van der Waals surface area (Å²) < 4.78 is 15.1. The molecule has 0 saturated heterocycles. The van der Waals surface area contributed by atoms with Gasteiger partial charge in [-0.1, -0.05) is 0 Å².